The van der Waals surface area contributed by atoms with Crippen LogP contribution in [0.3, 0.4) is 0 Å². The van der Waals surface area contributed by atoms with E-state index in [4.69, 9.17) is 10.1 Å². The summed E-state index contributed by atoms with van der Waals surface area (Å²) in [5, 5.41) is 10.8. The summed E-state index contributed by atoms with van der Waals surface area (Å²) in [5.74, 6) is -0.739. The number of hydrogen-bond acceptors (Lipinski definition) is 4. The zero-order valence-electron chi connectivity index (χ0n) is 14.1. The summed E-state index contributed by atoms with van der Waals surface area (Å²) in [6.45, 7) is 0. The van der Waals surface area contributed by atoms with Crippen molar-refractivity contribution in [2.45, 2.75) is 25.7 Å². The minimum atomic E-state index is -0.739. The molecular formula is C20H20N2O2S. The normalized spacial score (nSPS) is 14.4. The average Bonchev–Trinajstić information content (AvgIpc) is 2.75. The minimum Gasteiger partial charge on any atom is -0.481 e. The van der Waals surface area contributed by atoms with Crippen molar-refractivity contribution >= 4 is 28.3 Å². The largest absolute Gasteiger partial charge is 0.481 e. The summed E-state index contributed by atoms with van der Waals surface area (Å²) >= 11 is 1.71. The van der Waals surface area contributed by atoms with Crippen molar-refractivity contribution in [3.05, 3.63) is 70.5 Å². The van der Waals surface area contributed by atoms with E-state index in [0.29, 0.717) is 6.42 Å². The van der Waals surface area contributed by atoms with Gasteiger partial charge in [0.2, 0.25) is 0 Å². The number of allylic oxidation sites excluding steroid dienone is 1. The lowest BCUT2D eigenvalue weighted by molar-refractivity contribution is -0.137. The van der Waals surface area contributed by atoms with Gasteiger partial charge in [-0.15, -0.1) is 11.8 Å². The summed E-state index contributed by atoms with van der Waals surface area (Å²) in [6, 6.07) is 10.2. The number of thioether (sulfide) groups is 1. The van der Waals surface area contributed by atoms with Crippen LogP contribution < -0.4 is 10.6 Å². The van der Waals surface area contributed by atoms with Crippen LogP contribution in [0.5, 0.6) is 0 Å². The van der Waals surface area contributed by atoms with Gasteiger partial charge in [0.1, 0.15) is 0 Å². The Morgan fingerprint density at radius 1 is 1.20 bits per heavy atom. The third-order valence-corrected chi connectivity index (χ3v) is 4.97. The van der Waals surface area contributed by atoms with Crippen LogP contribution in [0.1, 0.15) is 36.8 Å². The maximum absolute atomic E-state index is 10.6. The number of para-hydroxylation sites is 1. The number of rotatable bonds is 6. The molecule has 5 heteroatoms. The molecule has 128 valence electrons. The summed E-state index contributed by atoms with van der Waals surface area (Å²) in [5.41, 5.74) is 3.11. The number of carbonyl (C=O) groups is 1. The number of nitrogens with zero attached hydrogens (tertiary/aromatic N) is 2. The van der Waals surface area contributed by atoms with Crippen LogP contribution in [-0.2, 0) is 4.79 Å². The molecule has 1 aliphatic rings. The van der Waals surface area contributed by atoms with Crippen LogP contribution in [0.25, 0.3) is 10.6 Å². The molecule has 2 heterocycles. The standard InChI is InChI=1S/C20H20N2O2S/c1-25-20-15-7-5-6-9-18(15)22-17(8-3-2-4-10-19(23)24)14-11-12-21-13-16(14)20/h5-9,11-13H,2-4,10H2,1H3,(H,23,24)/b17-8+. The topological polar surface area (TPSA) is 62.5 Å². The molecule has 0 amide bonds. The van der Waals surface area contributed by atoms with Crippen molar-refractivity contribution in [1.82, 2.24) is 4.98 Å². The number of unbranched alkanes of at least 4 members (excludes halogenated alkanes) is 2. The van der Waals surface area contributed by atoms with Gasteiger partial charge >= 0.3 is 5.97 Å². The number of carboxylic acids is 1. The SMILES string of the molecule is CSC1=c2ccccc2=N/C(=C/CCCCC(=O)O)c2ccncc21. The third-order valence-electron chi connectivity index (χ3n) is 4.12. The van der Waals surface area contributed by atoms with Crippen molar-refractivity contribution in [1.29, 1.82) is 0 Å². The number of pyridine rings is 1. The summed E-state index contributed by atoms with van der Waals surface area (Å²) in [6.07, 6.45) is 10.4. The van der Waals surface area contributed by atoms with E-state index in [1.165, 1.54) is 4.91 Å². The minimum absolute atomic E-state index is 0.216. The summed E-state index contributed by atoms with van der Waals surface area (Å²) in [7, 11) is 0. The molecule has 0 saturated carbocycles. The summed E-state index contributed by atoms with van der Waals surface area (Å²) in [4.78, 5) is 21.0. The molecule has 0 fully saturated rings. The molecule has 1 N–H and O–H groups in total. The second-order valence-corrected chi connectivity index (χ2v) is 6.63. The van der Waals surface area contributed by atoms with Gasteiger partial charge in [-0.05, 0) is 37.7 Å². The molecule has 0 saturated heterocycles. The van der Waals surface area contributed by atoms with Gasteiger partial charge in [0.25, 0.3) is 0 Å². The number of carboxylic acid groups (broad SMARTS) is 1. The second kappa shape index (κ2) is 8.12. The van der Waals surface area contributed by atoms with Crippen LogP contribution in [0.15, 0.2) is 53.8 Å². The van der Waals surface area contributed by atoms with Gasteiger partial charge in [0, 0.05) is 40.1 Å². The molecule has 1 aliphatic heterocycles. The van der Waals surface area contributed by atoms with E-state index >= 15 is 0 Å². The van der Waals surface area contributed by atoms with Gasteiger partial charge in [-0.25, -0.2) is 4.99 Å². The molecule has 0 unspecified atom stereocenters. The Balaban J connectivity index is 2.03. The molecule has 0 bridgehead atoms. The lowest BCUT2D eigenvalue weighted by atomic mass is 10.0. The molecule has 3 rings (SSSR count). The van der Waals surface area contributed by atoms with Gasteiger partial charge in [-0.2, -0.15) is 0 Å². The van der Waals surface area contributed by atoms with Crippen LogP contribution >= 0.6 is 11.8 Å². The quantitative estimate of drug-likeness (QED) is 0.811. The van der Waals surface area contributed by atoms with Crippen LogP contribution in [0.4, 0.5) is 0 Å². The fourth-order valence-electron chi connectivity index (χ4n) is 2.93. The molecule has 25 heavy (non-hydrogen) atoms. The van der Waals surface area contributed by atoms with Crippen LogP contribution in [0, 0.1) is 0 Å². The molecular weight excluding hydrogens is 332 g/mol. The Morgan fingerprint density at radius 2 is 2.04 bits per heavy atom. The number of benzene rings is 1. The van der Waals surface area contributed by atoms with E-state index < -0.39 is 5.97 Å². The predicted molar refractivity (Wildman–Crippen MR) is 102 cm³/mol. The number of aliphatic carboxylic acids is 1. The smallest absolute Gasteiger partial charge is 0.303 e. The highest BCUT2D eigenvalue weighted by atomic mass is 32.2. The van der Waals surface area contributed by atoms with Gasteiger partial charge in [-0.1, -0.05) is 24.3 Å². The lowest BCUT2D eigenvalue weighted by Crippen LogP contribution is -2.25. The zero-order valence-corrected chi connectivity index (χ0v) is 14.9. The Kier molecular flexibility index (Phi) is 5.66. The first-order chi connectivity index (χ1) is 12.2. The van der Waals surface area contributed by atoms with Crippen molar-refractivity contribution in [2.75, 3.05) is 6.26 Å². The third kappa shape index (κ3) is 3.99. The first-order valence-electron chi connectivity index (χ1n) is 8.29. The molecule has 4 nitrogen and oxygen atoms in total. The van der Waals surface area contributed by atoms with E-state index in [1.54, 1.807) is 18.0 Å². The zero-order chi connectivity index (χ0) is 17.6. The van der Waals surface area contributed by atoms with E-state index in [2.05, 4.69) is 23.4 Å². The van der Waals surface area contributed by atoms with Crippen LogP contribution in [-0.4, -0.2) is 22.3 Å². The molecule has 0 atom stereocenters. The Morgan fingerprint density at radius 3 is 2.84 bits per heavy atom. The number of aromatic nitrogens is 1. The molecule has 2 aromatic rings. The van der Waals surface area contributed by atoms with E-state index in [0.717, 1.165) is 40.2 Å². The monoisotopic (exact) mass is 352 g/mol. The van der Waals surface area contributed by atoms with Gasteiger partial charge in [0.15, 0.2) is 0 Å². The van der Waals surface area contributed by atoms with Gasteiger partial charge in [0.05, 0.1) is 11.1 Å². The van der Waals surface area contributed by atoms with E-state index in [1.807, 2.05) is 30.5 Å². The fourth-order valence-corrected chi connectivity index (χ4v) is 3.71. The Hall–Kier alpha value is -2.40. The maximum atomic E-state index is 10.6. The maximum Gasteiger partial charge on any atom is 0.303 e. The molecule has 1 aromatic heterocycles. The lowest BCUT2D eigenvalue weighted by Gasteiger charge is -2.09. The van der Waals surface area contributed by atoms with Gasteiger partial charge < -0.3 is 5.11 Å². The molecule has 0 radical (unpaired) electrons. The molecule has 0 spiro atoms. The highest BCUT2D eigenvalue weighted by Gasteiger charge is 2.15. The first-order valence-corrected chi connectivity index (χ1v) is 9.52. The number of hydrogen-bond donors (Lipinski definition) is 1. The van der Waals surface area contributed by atoms with Crippen LogP contribution in [0.2, 0.25) is 0 Å². The number of fused-ring (bicyclic) bond motifs is 2. The van der Waals surface area contributed by atoms with Crippen molar-refractivity contribution in [3.8, 4) is 0 Å². The Bertz CT molecular complexity index is 935. The van der Waals surface area contributed by atoms with Crippen molar-refractivity contribution in [2.24, 2.45) is 4.99 Å². The first kappa shape index (κ1) is 17.4. The van der Waals surface area contributed by atoms with E-state index in [-0.39, 0.29) is 6.42 Å². The van der Waals surface area contributed by atoms with Crippen molar-refractivity contribution < 1.29 is 9.90 Å². The second-order valence-electron chi connectivity index (χ2n) is 5.81. The molecule has 0 aliphatic carbocycles. The fraction of sp³-hybridized carbons (Fsp3) is 0.250. The van der Waals surface area contributed by atoms with E-state index in [9.17, 15) is 4.79 Å². The molecule has 1 aromatic carbocycles. The predicted octanol–water partition coefficient (Wildman–Crippen LogP) is 3.22. The highest BCUT2D eigenvalue weighted by Crippen LogP contribution is 2.30. The summed E-state index contributed by atoms with van der Waals surface area (Å²) < 4.78 is 0. The highest BCUT2D eigenvalue weighted by molar-refractivity contribution is 8.07. The average molecular weight is 352 g/mol. The van der Waals surface area contributed by atoms with Crippen molar-refractivity contribution in [3.63, 3.8) is 0 Å². The Labute approximate surface area is 151 Å². The van der Waals surface area contributed by atoms with Gasteiger partial charge in [-0.3, -0.25) is 9.78 Å².